The van der Waals surface area contributed by atoms with Crippen LogP contribution in [0.2, 0.25) is 0 Å². The summed E-state index contributed by atoms with van der Waals surface area (Å²) in [5, 5.41) is 0. The lowest BCUT2D eigenvalue weighted by molar-refractivity contribution is -0.0169. The van der Waals surface area contributed by atoms with Crippen molar-refractivity contribution in [3.63, 3.8) is 0 Å². The van der Waals surface area contributed by atoms with E-state index in [0.717, 1.165) is 47.3 Å². The van der Waals surface area contributed by atoms with Gasteiger partial charge in [-0.25, -0.2) is 0 Å². The van der Waals surface area contributed by atoms with Crippen LogP contribution < -0.4 is 0 Å². The predicted octanol–water partition coefficient (Wildman–Crippen LogP) is 8.82. The molecule has 4 fully saturated rings. The first-order valence-corrected chi connectivity index (χ1v) is 13.8. The van der Waals surface area contributed by atoms with E-state index in [9.17, 15) is 0 Å². The van der Waals surface area contributed by atoms with Crippen LogP contribution in [0.5, 0.6) is 0 Å². The van der Waals surface area contributed by atoms with Crippen molar-refractivity contribution < 1.29 is 0 Å². The summed E-state index contributed by atoms with van der Waals surface area (Å²) in [5.41, 5.74) is 6.20. The van der Waals surface area contributed by atoms with Crippen molar-refractivity contribution in [1.82, 2.24) is 0 Å². The third-order valence-electron chi connectivity index (χ3n) is 10.4. The van der Waals surface area contributed by atoms with Gasteiger partial charge in [0.2, 0.25) is 0 Å². The fourth-order valence-corrected chi connectivity index (χ4v) is 9.08. The van der Waals surface area contributed by atoms with E-state index >= 15 is 0 Å². The van der Waals surface area contributed by atoms with Crippen molar-refractivity contribution in [2.24, 2.45) is 35.5 Å². The van der Waals surface area contributed by atoms with Crippen molar-refractivity contribution in [2.75, 3.05) is 0 Å². The molecule has 2 aromatic carbocycles. The van der Waals surface area contributed by atoms with E-state index in [1.807, 2.05) is 0 Å². The minimum atomic E-state index is 0.825. The Morgan fingerprint density at radius 2 is 1.00 bits per heavy atom. The normalized spacial score (nSPS) is 38.9. The van der Waals surface area contributed by atoms with Crippen LogP contribution in [0.3, 0.4) is 0 Å². The molecule has 0 amide bonds. The van der Waals surface area contributed by atoms with Crippen molar-refractivity contribution in [3.05, 3.63) is 70.8 Å². The number of hydrogen-bond acceptors (Lipinski definition) is 0. The zero-order valence-corrected chi connectivity index (χ0v) is 20.3. The van der Waals surface area contributed by atoms with Crippen LogP contribution in [-0.2, 0) is 0 Å². The number of fused-ring (bicyclic) bond motifs is 3. The number of benzene rings is 2. The van der Waals surface area contributed by atoms with Crippen LogP contribution in [0.4, 0.5) is 0 Å². The molecule has 2 aromatic rings. The molecule has 6 rings (SSSR count). The van der Waals surface area contributed by atoms with Gasteiger partial charge in [0.05, 0.1) is 0 Å². The number of aryl methyl sites for hydroxylation is 2. The predicted molar refractivity (Wildman–Crippen MR) is 135 cm³/mol. The van der Waals surface area contributed by atoms with Crippen molar-refractivity contribution in [2.45, 2.75) is 89.9 Å². The average Bonchev–Trinajstić information content (AvgIpc) is 2.80. The summed E-state index contributed by atoms with van der Waals surface area (Å²) in [5.74, 6) is 7.58. The minimum absolute atomic E-state index is 0.825. The Balaban J connectivity index is 1.24. The van der Waals surface area contributed by atoms with Gasteiger partial charge in [0.15, 0.2) is 0 Å². The summed E-state index contributed by atoms with van der Waals surface area (Å²) in [6.45, 7) is 4.55. The molecule has 170 valence electrons. The van der Waals surface area contributed by atoms with Crippen molar-refractivity contribution in [3.8, 4) is 0 Å². The molecule has 0 heteroatoms. The summed E-state index contributed by atoms with van der Waals surface area (Å²) in [7, 11) is 0. The molecule has 32 heavy (non-hydrogen) atoms. The second-order valence-corrected chi connectivity index (χ2v) is 12.2. The van der Waals surface area contributed by atoms with Gasteiger partial charge in [-0.05, 0) is 111 Å². The molecule has 8 atom stereocenters. The molecule has 0 saturated heterocycles. The summed E-state index contributed by atoms with van der Waals surface area (Å²) < 4.78 is 0. The van der Waals surface area contributed by atoms with Crippen LogP contribution in [0, 0.1) is 49.4 Å². The maximum absolute atomic E-state index is 2.50. The van der Waals surface area contributed by atoms with Gasteiger partial charge in [-0.2, -0.15) is 0 Å². The van der Waals surface area contributed by atoms with E-state index in [0.29, 0.717) is 0 Å². The van der Waals surface area contributed by atoms with Gasteiger partial charge in [0.1, 0.15) is 0 Å². The van der Waals surface area contributed by atoms with Gasteiger partial charge < -0.3 is 0 Å². The second kappa shape index (κ2) is 8.66. The monoisotopic (exact) mass is 426 g/mol. The third-order valence-corrected chi connectivity index (χ3v) is 10.4. The fraction of sp³-hybridized carbons (Fsp3) is 0.625. The van der Waals surface area contributed by atoms with Crippen LogP contribution in [0.1, 0.15) is 98.3 Å². The average molecular weight is 427 g/mol. The van der Waals surface area contributed by atoms with E-state index in [4.69, 9.17) is 0 Å². The van der Waals surface area contributed by atoms with Gasteiger partial charge >= 0.3 is 0 Å². The highest BCUT2D eigenvalue weighted by molar-refractivity contribution is 5.28. The first-order chi connectivity index (χ1) is 15.7. The largest absolute Gasteiger partial charge is 0.0617 e. The summed E-state index contributed by atoms with van der Waals surface area (Å²) in [6, 6.07) is 19.1. The lowest BCUT2D eigenvalue weighted by Gasteiger charge is -2.54. The molecule has 4 aliphatic carbocycles. The molecule has 0 N–H and O–H groups in total. The molecule has 0 heterocycles. The van der Waals surface area contributed by atoms with E-state index in [1.165, 1.54) is 62.5 Å². The highest BCUT2D eigenvalue weighted by Gasteiger charge is 2.48. The van der Waals surface area contributed by atoms with Crippen LogP contribution in [0.15, 0.2) is 48.5 Å². The molecule has 2 unspecified atom stereocenters. The van der Waals surface area contributed by atoms with Crippen molar-refractivity contribution in [1.29, 1.82) is 0 Å². The maximum Gasteiger partial charge on any atom is -0.0131 e. The number of rotatable bonds is 2. The van der Waals surface area contributed by atoms with Gasteiger partial charge in [-0.15, -0.1) is 0 Å². The molecular formula is C32H42. The Bertz CT molecular complexity index is 865. The SMILES string of the molecule is Cc1cccc([C@H]2CCC[C@H]3CC4C[C@H]5CCC[C@@H](c6cccc(C)c6)[C@@H]5CC4C[C@@H]32)c1. The van der Waals surface area contributed by atoms with E-state index in [-0.39, 0.29) is 0 Å². The van der Waals surface area contributed by atoms with E-state index in [2.05, 4.69) is 62.4 Å². The third kappa shape index (κ3) is 3.86. The maximum atomic E-state index is 2.50. The molecular weight excluding hydrogens is 384 g/mol. The lowest BCUT2D eigenvalue weighted by Crippen LogP contribution is -2.44. The molecule has 0 aromatic heterocycles. The molecule has 0 radical (unpaired) electrons. The molecule has 4 saturated carbocycles. The molecule has 0 nitrogen and oxygen atoms in total. The Morgan fingerprint density at radius 1 is 0.531 bits per heavy atom. The number of hydrogen-bond donors (Lipinski definition) is 0. The van der Waals surface area contributed by atoms with Crippen molar-refractivity contribution >= 4 is 0 Å². The Labute approximate surface area is 196 Å². The van der Waals surface area contributed by atoms with E-state index in [1.54, 1.807) is 24.0 Å². The quantitative estimate of drug-likeness (QED) is 0.450. The first kappa shape index (κ1) is 21.0. The highest BCUT2D eigenvalue weighted by Crippen LogP contribution is 2.59. The van der Waals surface area contributed by atoms with Crippen LogP contribution in [-0.4, -0.2) is 0 Å². The van der Waals surface area contributed by atoms with Crippen LogP contribution >= 0.6 is 0 Å². The standard InChI is InChI=1S/C32H42/c1-21-7-3-9-23(15-21)29-13-5-11-25-17-27-18-26-12-6-14-30(24-10-4-8-22(2)16-24)32(26)20-28(27)19-31(25)29/h3-4,7-10,15-16,25-32H,5-6,11-14,17-20H2,1-2H3/t25-,26+,27?,28?,29+,30-,31-,32+. The zero-order chi connectivity index (χ0) is 21.7. The molecule has 0 bridgehead atoms. The Morgan fingerprint density at radius 3 is 1.47 bits per heavy atom. The van der Waals surface area contributed by atoms with Gasteiger partial charge in [-0.1, -0.05) is 85.3 Å². The zero-order valence-electron chi connectivity index (χ0n) is 20.3. The van der Waals surface area contributed by atoms with Gasteiger partial charge in [0, 0.05) is 0 Å². The van der Waals surface area contributed by atoms with E-state index < -0.39 is 0 Å². The summed E-state index contributed by atoms with van der Waals surface area (Å²) in [6.07, 6.45) is 14.9. The molecule has 0 spiro atoms. The van der Waals surface area contributed by atoms with Crippen LogP contribution in [0.25, 0.3) is 0 Å². The smallest absolute Gasteiger partial charge is 0.0131 e. The minimum Gasteiger partial charge on any atom is -0.0617 e. The Kier molecular flexibility index (Phi) is 5.68. The fourth-order valence-electron chi connectivity index (χ4n) is 9.08. The highest BCUT2D eigenvalue weighted by atomic mass is 14.5. The Hall–Kier alpha value is -1.56. The van der Waals surface area contributed by atoms with Gasteiger partial charge in [0.25, 0.3) is 0 Å². The summed E-state index contributed by atoms with van der Waals surface area (Å²) >= 11 is 0. The molecule has 0 aliphatic heterocycles. The first-order valence-electron chi connectivity index (χ1n) is 13.8. The topological polar surface area (TPSA) is 0 Å². The molecule has 4 aliphatic rings. The second-order valence-electron chi connectivity index (χ2n) is 12.2. The lowest BCUT2D eigenvalue weighted by atomic mass is 9.51. The summed E-state index contributed by atoms with van der Waals surface area (Å²) in [4.78, 5) is 0. The van der Waals surface area contributed by atoms with Gasteiger partial charge in [-0.3, -0.25) is 0 Å².